The molecule has 4 heteroatoms. The second-order valence-electron chi connectivity index (χ2n) is 5.41. The van der Waals surface area contributed by atoms with Gasteiger partial charge in [0.05, 0.1) is 4.92 Å². The maximum Gasteiger partial charge on any atom is 0.269 e. The van der Waals surface area contributed by atoms with Crippen molar-refractivity contribution in [2.24, 2.45) is 5.92 Å². The normalized spacial score (nSPS) is 17.1. The fourth-order valence-corrected chi connectivity index (χ4v) is 2.72. The number of nitro benzene ring substituents is 1. The minimum atomic E-state index is -0.358. The molecule has 0 saturated heterocycles. The molecule has 0 unspecified atom stereocenters. The highest BCUT2D eigenvalue weighted by atomic mass is 16.6. The Labute approximate surface area is 114 Å². The van der Waals surface area contributed by atoms with Crippen LogP contribution in [0.3, 0.4) is 0 Å². The zero-order valence-corrected chi connectivity index (χ0v) is 11.3. The molecule has 1 aromatic rings. The molecule has 4 nitrogen and oxygen atoms in total. The summed E-state index contributed by atoms with van der Waals surface area (Å²) in [5, 5.41) is 14.0. The lowest BCUT2D eigenvalue weighted by atomic mass is 10.0. The third-order valence-corrected chi connectivity index (χ3v) is 3.88. The van der Waals surface area contributed by atoms with Gasteiger partial charge in [-0.1, -0.05) is 37.8 Å². The zero-order valence-electron chi connectivity index (χ0n) is 11.3. The minimum absolute atomic E-state index is 0.160. The lowest BCUT2D eigenvalue weighted by Crippen LogP contribution is -2.22. The number of hydrogen-bond donors (Lipinski definition) is 1. The van der Waals surface area contributed by atoms with Gasteiger partial charge in [0, 0.05) is 18.7 Å². The summed E-state index contributed by atoms with van der Waals surface area (Å²) in [5.74, 6) is 0.806. The van der Waals surface area contributed by atoms with E-state index >= 15 is 0 Å². The Bertz CT molecular complexity index is 395. The fourth-order valence-electron chi connectivity index (χ4n) is 2.72. The summed E-state index contributed by atoms with van der Waals surface area (Å²) in [6, 6.07) is 6.81. The van der Waals surface area contributed by atoms with Crippen LogP contribution >= 0.6 is 0 Å². The first kappa shape index (κ1) is 14.0. The molecular weight excluding hydrogens is 240 g/mol. The van der Waals surface area contributed by atoms with Crippen molar-refractivity contribution in [1.82, 2.24) is 5.32 Å². The molecule has 1 aromatic carbocycles. The Morgan fingerprint density at radius 2 is 1.74 bits per heavy atom. The number of nitrogens with one attached hydrogen (secondary N) is 1. The molecule has 1 aliphatic rings. The van der Waals surface area contributed by atoms with Crippen LogP contribution in [0.15, 0.2) is 24.3 Å². The monoisotopic (exact) mass is 262 g/mol. The van der Waals surface area contributed by atoms with E-state index in [-0.39, 0.29) is 10.6 Å². The van der Waals surface area contributed by atoms with Crippen molar-refractivity contribution >= 4 is 5.69 Å². The summed E-state index contributed by atoms with van der Waals surface area (Å²) in [6.07, 6.45) is 8.19. The van der Waals surface area contributed by atoms with E-state index in [0.29, 0.717) is 0 Å². The number of non-ortho nitro benzene ring substituents is 1. The number of benzene rings is 1. The topological polar surface area (TPSA) is 55.2 Å². The van der Waals surface area contributed by atoms with Gasteiger partial charge in [0.1, 0.15) is 0 Å². The quantitative estimate of drug-likeness (QED) is 0.500. The first-order valence-corrected chi connectivity index (χ1v) is 7.20. The van der Waals surface area contributed by atoms with E-state index in [4.69, 9.17) is 0 Å². The minimum Gasteiger partial charge on any atom is -0.312 e. The number of nitrogens with zero attached hydrogens (tertiary/aromatic N) is 1. The highest BCUT2D eigenvalue weighted by Gasteiger charge is 2.11. The van der Waals surface area contributed by atoms with Gasteiger partial charge >= 0.3 is 0 Å². The van der Waals surface area contributed by atoms with Crippen molar-refractivity contribution in [3.63, 3.8) is 0 Å². The van der Waals surface area contributed by atoms with E-state index < -0.39 is 0 Å². The van der Waals surface area contributed by atoms with Gasteiger partial charge in [-0.2, -0.15) is 0 Å². The van der Waals surface area contributed by atoms with Crippen LogP contribution in [0, 0.1) is 16.0 Å². The van der Waals surface area contributed by atoms with Crippen LogP contribution in [0.25, 0.3) is 0 Å². The molecular formula is C15H22N2O2. The third kappa shape index (κ3) is 4.63. The highest BCUT2D eigenvalue weighted by molar-refractivity contribution is 5.32. The molecule has 1 saturated carbocycles. The SMILES string of the molecule is O=[N+]([O-])c1ccc(CNCC2CCCCCC2)cc1. The molecule has 0 atom stereocenters. The molecule has 2 rings (SSSR count). The van der Waals surface area contributed by atoms with Crippen molar-refractivity contribution in [1.29, 1.82) is 0 Å². The van der Waals surface area contributed by atoms with Gasteiger partial charge in [0.25, 0.3) is 5.69 Å². The summed E-state index contributed by atoms with van der Waals surface area (Å²) < 4.78 is 0. The maximum absolute atomic E-state index is 10.6. The summed E-state index contributed by atoms with van der Waals surface area (Å²) in [7, 11) is 0. The molecule has 0 aliphatic heterocycles. The van der Waals surface area contributed by atoms with Gasteiger partial charge in [0.2, 0.25) is 0 Å². The van der Waals surface area contributed by atoms with Gasteiger partial charge in [0.15, 0.2) is 0 Å². The maximum atomic E-state index is 10.6. The number of rotatable bonds is 5. The number of hydrogen-bond acceptors (Lipinski definition) is 3. The molecule has 0 radical (unpaired) electrons. The largest absolute Gasteiger partial charge is 0.312 e. The Hall–Kier alpha value is -1.42. The zero-order chi connectivity index (χ0) is 13.5. The molecule has 0 spiro atoms. The van der Waals surface area contributed by atoms with E-state index in [1.165, 1.54) is 38.5 Å². The molecule has 0 amide bonds. The summed E-state index contributed by atoms with van der Waals surface area (Å²) >= 11 is 0. The molecule has 1 aliphatic carbocycles. The van der Waals surface area contributed by atoms with Crippen molar-refractivity contribution in [3.8, 4) is 0 Å². The van der Waals surface area contributed by atoms with Crippen LogP contribution in [0.4, 0.5) is 5.69 Å². The van der Waals surface area contributed by atoms with Crippen LogP contribution in [0.1, 0.15) is 44.1 Å². The molecule has 19 heavy (non-hydrogen) atoms. The van der Waals surface area contributed by atoms with Crippen LogP contribution in [0.5, 0.6) is 0 Å². The second kappa shape index (κ2) is 7.24. The first-order chi connectivity index (χ1) is 9.25. The van der Waals surface area contributed by atoms with Gasteiger partial charge in [-0.15, -0.1) is 0 Å². The molecule has 1 fully saturated rings. The molecule has 104 valence electrons. The van der Waals surface area contributed by atoms with Crippen molar-refractivity contribution in [3.05, 3.63) is 39.9 Å². The number of nitro groups is 1. The predicted molar refractivity (Wildman–Crippen MR) is 76.0 cm³/mol. The predicted octanol–water partition coefficient (Wildman–Crippen LogP) is 3.65. The Kier molecular flexibility index (Phi) is 5.33. The van der Waals surface area contributed by atoms with Crippen molar-refractivity contribution in [2.75, 3.05) is 6.54 Å². The Morgan fingerprint density at radius 1 is 1.11 bits per heavy atom. The second-order valence-corrected chi connectivity index (χ2v) is 5.41. The van der Waals surface area contributed by atoms with E-state index in [2.05, 4.69) is 5.32 Å². The van der Waals surface area contributed by atoms with E-state index in [9.17, 15) is 10.1 Å². The van der Waals surface area contributed by atoms with Gasteiger partial charge in [-0.25, -0.2) is 0 Å². The highest BCUT2D eigenvalue weighted by Crippen LogP contribution is 2.22. The smallest absolute Gasteiger partial charge is 0.269 e. The van der Waals surface area contributed by atoms with Crippen LogP contribution in [-0.4, -0.2) is 11.5 Å². The molecule has 1 N–H and O–H groups in total. The van der Waals surface area contributed by atoms with Crippen LogP contribution in [-0.2, 0) is 6.54 Å². The molecule has 0 aromatic heterocycles. The average molecular weight is 262 g/mol. The molecule has 0 heterocycles. The van der Waals surface area contributed by atoms with Gasteiger partial charge < -0.3 is 5.32 Å². The van der Waals surface area contributed by atoms with Crippen molar-refractivity contribution < 1.29 is 4.92 Å². The first-order valence-electron chi connectivity index (χ1n) is 7.20. The molecule has 0 bridgehead atoms. The summed E-state index contributed by atoms with van der Waals surface area (Å²) in [5.41, 5.74) is 1.27. The summed E-state index contributed by atoms with van der Waals surface area (Å²) in [6.45, 7) is 1.87. The standard InChI is InChI=1S/C15H22N2O2/c18-17(19)15-9-7-14(8-10-15)12-16-11-13-5-3-1-2-4-6-13/h7-10,13,16H,1-6,11-12H2. The van der Waals surface area contributed by atoms with E-state index in [1.807, 2.05) is 12.1 Å². The summed E-state index contributed by atoms with van der Waals surface area (Å²) in [4.78, 5) is 10.2. The van der Waals surface area contributed by atoms with Crippen LogP contribution < -0.4 is 5.32 Å². The lowest BCUT2D eigenvalue weighted by molar-refractivity contribution is -0.384. The average Bonchev–Trinajstić information content (AvgIpc) is 2.68. The Morgan fingerprint density at radius 3 is 2.32 bits per heavy atom. The lowest BCUT2D eigenvalue weighted by Gasteiger charge is -2.14. The van der Waals surface area contributed by atoms with Crippen molar-refractivity contribution in [2.45, 2.75) is 45.1 Å². The van der Waals surface area contributed by atoms with Crippen LogP contribution in [0.2, 0.25) is 0 Å². The Balaban J connectivity index is 1.74. The van der Waals surface area contributed by atoms with Gasteiger partial charge in [-0.3, -0.25) is 10.1 Å². The van der Waals surface area contributed by atoms with E-state index in [0.717, 1.165) is 24.6 Å². The fraction of sp³-hybridized carbons (Fsp3) is 0.600. The van der Waals surface area contributed by atoms with E-state index in [1.54, 1.807) is 12.1 Å². The van der Waals surface area contributed by atoms with Gasteiger partial charge in [-0.05, 0) is 30.9 Å². The third-order valence-electron chi connectivity index (χ3n) is 3.88.